The first-order valence-corrected chi connectivity index (χ1v) is 5.48. The van der Waals surface area contributed by atoms with Crippen LogP contribution in [-0.2, 0) is 0 Å². The van der Waals surface area contributed by atoms with Crippen LogP contribution < -0.4 is 0 Å². The Labute approximate surface area is 99.0 Å². The molecule has 3 rings (SSSR count). The number of phenolic OH excluding ortho intramolecular Hbond substituents is 1. The minimum Gasteiger partial charge on any atom is -0.508 e. The van der Waals surface area contributed by atoms with E-state index in [0.717, 1.165) is 22.5 Å². The number of phenols is 1. The zero-order chi connectivity index (χ0) is 11.8. The summed E-state index contributed by atoms with van der Waals surface area (Å²) in [5.41, 5.74) is 3.57. The van der Waals surface area contributed by atoms with E-state index >= 15 is 0 Å². The topological polar surface area (TPSA) is 37.5 Å². The zero-order valence-corrected chi connectivity index (χ0v) is 9.46. The van der Waals surface area contributed by atoms with Gasteiger partial charge in [0.05, 0.1) is 5.69 Å². The quantitative estimate of drug-likeness (QED) is 0.690. The third-order valence-electron chi connectivity index (χ3n) is 2.87. The van der Waals surface area contributed by atoms with Crippen molar-refractivity contribution in [1.29, 1.82) is 0 Å². The van der Waals surface area contributed by atoms with Crippen molar-refractivity contribution in [2.45, 2.75) is 6.92 Å². The Morgan fingerprint density at radius 2 is 2.06 bits per heavy atom. The lowest BCUT2D eigenvalue weighted by atomic mass is 10.1. The van der Waals surface area contributed by atoms with Crippen LogP contribution in [0.15, 0.2) is 48.8 Å². The van der Waals surface area contributed by atoms with E-state index in [-0.39, 0.29) is 0 Å². The molecule has 17 heavy (non-hydrogen) atoms. The lowest BCUT2D eigenvalue weighted by Crippen LogP contribution is -1.79. The molecule has 0 atom stereocenters. The molecule has 0 saturated carbocycles. The van der Waals surface area contributed by atoms with Gasteiger partial charge in [-0.15, -0.1) is 0 Å². The number of aromatic nitrogens is 2. The Kier molecular flexibility index (Phi) is 2.11. The number of aromatic hydroxyl groups is 1. The SMILES string of the molecule is Cc1ccc(-c2cn3ccccc3n2)cc1O. The molecular formula is C14H12N2O. The van der Waals surface area contributed by atoms with Crippen LogP contribution in [0, 0.1) is 6.92 Å². The predicted molar refractivity (Wildman–Crippen MR) is 67.0 cm³/mol. The zero-order valence-electron chi connectivity index (χ0n) is 9.46. The number of hydrogen-bond acceptors (Lipinski definition) is 2. The summed E-state index contributed by atoms with van der Waals surface area (Å²) in [6.07, 6.45) is 3.92. The molecule has 3 nitrogen and oxygen atoms in total. The average molecular weight is 224 g/mol. The summed E-state index contributed by atoms with van der Waals surface area (Å²) in [5.74, 6) is 0.305. The van der Waals surface area contributed by atoms with Crippen LogP contribution in [0.25, 0.3) is 16.9 Å². The van der Waals surface area contributed by atoms with E-state index in [4.69, 9.17) is 0 Å². The van der Waals surface area contributed by atoms with Crippen LogP contribution in [0.1, 0.15) is 5.56 Å². The van der Waals surface area contributed by atoms with E-state index in [1.165, 1.54) is 0 Å². The van der Waals surface area contributed by atoms with Crippen molar-refractivity contribution in [2.75, 3.05) is 0 Å². The van der Waals surface area contributed by atoms with Gasteiger partial charge in [0, 0.05) is 18.0 Å². The number of aryl methyl sites for hydroxylation is 1. The fourth-order valence-electron chi connectivity index (χ4n) is 1.84. The molecule has 2 aromatic heterocycles. The minimum atomic E-state index is 0.305. The van der Waals surface area contributed by atoms with Crippen molar-refractivity contribution in [3.8, 4) is 17.0 Å². The highest BCUT2D eigenvalue weighted by Crippen LogP contribution is 2.25. The molecule has 0 aliphatic heterocycles. The molecule has 0 amide bonds. The predicted octanol–water partition coefficient (Wildman–Crippen LogP) is 3.02. The van der Waals surface area contributed by atoms with E-state index in [2.05, 4.69) is 4.98 Å². The second kappa shape index (κ2) is 3.63. The number of pyridine rings is 1. The number of nitrogens with zero attached hydrogens (tertiary/aromatic N) is 2. The van der Waals surface area contributed by atoms with E-state index in [0.29, 0.717) is 5.75 Å². The van der Waals surface area contributed by atoms with Gasteiger partial charge in [-0.1, -0.05) is 18.2 Å². The van der Waals surface area contributed by atoms with Crippen molar-refractivity contribution >= 4 is 5.65 Å². The summed E-state index contributed by atoms with van der Waals surface area (Å²) >= 11 is 0. The Morgan fingerprint density at radius 3 is 2.82 bits per heavy atom. The fraction of sp³-hybridized carbons (Fsp3) is 0.0714. The summed E-state index contributed by atoms with van der Waals surface area (Å²) < 4.78 is 1.96. The molecular weight excluding hydrogens is 212 g/mol. The second-order valence-corrected chi connectivity index (χ2v) is 4.09. The van der Waals surface area contributed by atoms with E-state index < -0.39 is 0 Å². The van der Waals surface area contributed by atoms with Crippen LogP contribution in [-0.4, -0.2) is 14.5 Å². The number of hydrogen-bond donors (Lipinski definition) is 1. The van der Waals surface area contributed by atoms with Crippen molar-refractivity contribution < 1.29 is 5.11 Å². The first-order chi connectivity index (χ1) is 8.24. The second-order valence-electron chi connectivity index (χ2n) is 4.09. The Bertz CT molecular complexity index is 653. The molecule has 84 valence electrons. The van der Waals surface area contributed by atoms with E-state index in [1.54, 1.807) is 6.07 Å². The Morgan fingerprint density at radius 1 is 1.18 bits per heavy atom. The third kappa shape index (κ3) is 1.65. The maximum atomic E-state index is 9.70. The van der Waals surface area contributed by atoms with Crippen molar-refractivity contribution in [2.24, 2.45) is 0 Å². The maximum absolute atomic E-state index is 9.70. The molecule has 0 aliphatic carbocycles. The largest absolute Gasteiger partial charge is 0.508 e. The van der Waals surface area contributed by atoms with Crippen LogP contribution in [0.5, 0.6) is 5.75 Å². The number of benzene rings is 1. The smallest absolute Gasteiger partial charge is 0.137 e. The molecule has 0 spiro atoms. The molecule has 0 radical (unpaired) electrons. The van der Waals surface area contributed by atoms with Gasteiger partial charge in [-0.2, -0.15) is 0 Å². The normalized spacial score (nSPS) is 10.9. The van der Waals surface area contributed by atoms with Crippen LogP contribution in [0.3, 0.4) is 0 Å². The van der Waals surface area contributed by atoms with Crippen molar-refractivity contribution in [1.82, 2.24) is 9.38 Å². The first-order valence-electron chi connectivity index (χ1n) is 5.48. The Hall–Kier alpha value is -2.29. The maximum Gasteiger partial charge on any atom is 0.137 e. The van der Waals surface area contributed by atoms with Gasteiger partial charge in [0.2, 0.25) is 0 Å². The summed E-state index contributed by atoms with van der Waals surface area (Å²) in [6.45, 7) is 1.88. The van der Waals surface area contributed by atoms with Gasteiger partial charge in [-0.25, -0.2) is 4.98 Å². The highest BCUT2D eigenvalue weighted by Gasteiger charge is 2.05. The monoisotopic (exact) mass is 224 g/mol. The van der Waals surface area contributed by atoms with E-state index in [9.17, 15) is 5.11 Å². The lowest BCUT2D eigenvalue weighted by Gasteiger charge is -2.00. The summed E-state index contributed by atoms with van der Waals surface area (Å²) in [7, 11) is 0. The van der Waals surface area contributed by atoms with Crippen molar-refractivity contribution in [3.05, 3.63) is 54.4 Å². The molecule has 0 aliphatic rings. The molecule has 0 saturated heterocycles. The van der Waals surface area contributed by atoms with Crippen LogP contribution in [0.4, 0.5) is 0 Å². The molecule has 0 fully saturated rings. The molecule has 0 bridgehead atoms. The van der Waals surface area contributed by atoms with Crippen LogP contribution >= 0.6 is 0 Å². The Balaban J connectivity index is 2.17. The molecule has 0 unspecified atom stereocenters. The van der Waals surface area contributed by atoms with Gasteiger partial charge in [-0.05, 0) is 30.7 Å². The number of imidazole rings is 1. The van der Waals surface area contributed by atoms with Gasteiger partial charge in [0.1, 0.15) is 11.4 Å². The molecule has 3 aromatic rings. The van der Waals surface area contributed by atoms with Gasteiger partial charge in [0.15, 0.2) is 0 Å². The van der Waals surface area contributed by atoms with Crippen molar-refractivity contribution in [3.63, 3.8) is 0 Å². The summed E-state index contributed by atoms with van der Waals surface area (Å²) in [4.78, 5) is 4.51. The average Bonchev–Trinajstić information content (AvgIpc) is 2.76. The summed E-state index contributed by atoms with van der Waals surface area (Å²) in [5, 5.41) is 9.70. The molecule has 1 N–H and O–H groups in total. The van der Waals surface area contributed by atoms with Gasteiger partial charge < -0.3 is 9.51 Å². The highest BCUT2D eigenvalue weighted by atomic mass is 16.3. The number of rotatable bonds is 1. The van der Waals surface area contributed by atoms with E-state index in [1.807, 2.05) is 54.0 Å². The van der Waals surface area contributed by atoms with Gasteiger partial charge >= 0.3 is 0 Å². The highest BCUT2D eigenvalue weighted by molar-refractivity contribution is 5.64. The minimum absolute atomic E-state index is 0.305. The fourth-order valence-corrected chi connectivity index (χ4v) is 1.84. The molecule has 1 aromatic carbocycles. The summed E-state index contributed by atoms with van der Waals surface area (Å²) in [6, 6.07) is 11.5. The lowest BCUT2D eigenvalue weighted by molar-refractivity contribution is 0.471. The van der Waals surface area contributed by atoms with Gasteiger partial charge in [0.25, 0.3) is 0 Å². The standard InChI is InChI=1S/C14H12N2O/c1-10-5-6-11(8-13(10)17)12-9-16-7-3-2-4-14(16)15-12/h2-9,17H,1H3. The first kappa shape index (κ1) is 9.90. The molecule has 3 heteroatoms. The number of fused-ring (bicyclic) bond motifs is 1. The molecule has 2 heterocycles. The van der Waals surface area contributed by atoms with Gasteiger partial charge in [-0.3, -0.25) is 0 Å². The van der Waals surface area contributed by atoms with Crippen LogP contribution in [0.2, 0.25) is 0 Å². The third-order valence-corrected chi connectivity index (χ3v) is 2.87.